The number of benzene rings is 1. The lowest BCUT2D eigenvalue weighted by molar-refractivity contribution is 0.306. The summed E-state index contributed by atoms with van der Waals surface area (Å²) < 4.78 is 7.71. The Morgan fingerprint density at radius 2 is 1.75 bits per heavy atom. The molecule has 2 rings (SSSR count). The van der Waals surface area contributed by atoms with Crippen molar-refractivity contribution in [3.05, 3.63) is 38.2 Å². The zero-order chi connectivity index (χ0) is 17.7. The Balaban J connectivity index is 2.62. The quantitative estimate of drug-likeness (QED) is 0.435. The van der Waals surface area contributed by atoms with E-state index < -0.39 is 0 Å². The summed E-state index contributed by atoms with van der Waals surface area (Å²) in [6.45, 7) is 2.72. The molecule has 0 amide bonds. The largest absolute Gasteiger partial charge is 0.491 e. The molecule has 24 heavy (non-hydrogen) atoms. The number of fused-ring (bicyclic) bond motifs is 1. The van der Waals surface area contributed by atoms with Crippen LogP contribution in [-0.2, 0) is 13.5 Å². The number of halogens is 3. The first-order chi connectivity index (χ1) is 11.5. The van der Waals surface area contributed by atoms with Crippen LogP contribution in [0.25, 0.3) is 10.8 Å². The SMILES string of the molecule is CCCCOc1c(CCCCCl)n(C)c(=O)c2cc(Cl)c(Cl)cc12. The van der Waals surface area contributed by atoms with Gasteiger partial charge in [-0.1, -0.05) is 36.5 Å². The minimum Gasteiger partial charge on any atom is -0.491 e. The summed E-state index contributed by atoms with van der Waals surface area (Å²) in [5, 5.41) is 2.05. The van der Waals surface area contributed by atoms with Crippen LogP contribution in [0.5, 0.6) is 5.75 Å². The van der Waals surface area contributed by atoms with E-state index in [0.29, 0.717) is 27.9 Å². The maximum atomic E-state index is 12.7. The zero-order valence-corrected chi connectivity index (χ0v) is 16.3. The van der Waals surface area contributed by atoms with Crippen LogP contribution in [0, 0.1) is 0 Å². The first-order valence-corrected chi connectivity index (χ1v) is 9.49. The fraction of sp³-hybridized carbons (Fsp3) is 0.500. The number of pyridine rings is 1. The maximum Gasteiger partial charge on any atom is 0.258 e. The highest BCUT2D eigenvalue weighted by atomic mass is 35.5. The highest BCUT2D eigenvalue weighted by molar-refractivity contribution is 6.42. The third-order valence-electron chi connectivity index (χ3n) is 4.05. The lowest BCUT2D eigenvalue weighted by atomic mass is 10.1. The van der Waals surface area contributed by atoms with Gasteiger partial charge in [0.25, 0.3) is 5.56 Å². The Morgan fingerprint density at radius 3 is 2.38 bits per heavy atom. The van der Waals surface area contributed by atoms with Gasteiger partial charge in [-0.15, -0.1) is 11.6 Å². The van der Waals surface area contributed by atoms with Crippen molar-refractivity contribution in [2.24, 2.45) is 7.05 Å². The summed E-state index contributed by atoms with van der Waals surface area (Å²) >= 11 is 18.1. The van der Waals surface area contributed by atoms with Crippen LogP contribution in [0.15, 0.2) is 16.9 Å². The van der Waals surface area contributed by atoms with Gasteiger partial charge in [-0.3, -0.25) is 4.79 Å². The lowest BCUT2D eigenvalue weighted by Crippen LogP contribution is -2.22. The fourth-order valence-corrected chi connectivity index (χ4v) is 3.19. The van der Waals surface area contributed by atoms with Gasteiger partial charge < -0.3 is 9.30 Å². The molecule has 1 aromatic heterocycles. The van der Waals surface area contributed by atoms with Gasteiger partial charge in [0.1, 0.15) is 5.75 Å². The van der Waals surface area contributed by atoms with Gasteiger partial charge in [0, 0.05) is 18.3 Å². The molecule has 1 aromatic carbocycles. The summed E-state index contributed by atoms with van der Waals surface area (Å²) in [5.74, 6) is 1.34. The maximum absolute atomic E-state index is 12.7. The Morgan fingerprint density at radius 1 is 1.08 bits per heavy atom. The second kappa shape index (κ2) is 8.98. The van der Waals surface area contributed by atoms with Gasteiger partial charge >= 0.3 is 0 Å². The van der Waals surface area contributed by atoms with E-state index in [4.69, 9.17) is 39.5 Å². The predicted octanol–water partition coefficient (Wildman–Crippen LogP) is 5.59. The first-order valence-electron chi connectivity index (χ1n) is 8.20. The van der Waals surface area contributed by atoms with E-state index in [1.165, 1.54) is 0 Å². The monoisotopic (exact) mass is 389 g/mol. The molecule has 2 aromatic rings. The fourth-order valence-electron chi connectivity index (χ4n) is 2.67. The van der Waals surface area contributed by atoms with Crippen molar-refractivity contribution >= 4 is 45.6 Å². The molecule has 6 heteroatoms. The zero-order valence-electron chi connectivity index (χ0n) is 14.0. The third kappa shape index (κ3) is 4.19. The molecule has 0 aliphatic heterocycles. The predicted molar refractivity (Wildman–Crippen MR) is 103 cm³/mol. The van der Waals surface area contributed by atoms with Gasteiger partial charge in [0.2, 0.25) is 0 Å². The van der Waals surface area contributed by atoms with Crippen LogP contribution >= 0.6 is 34.8 Å². The van der Waals surface area contributed by atoms with Crippen LogP contribution < -0.4 is 10.3 Å². The molecule has 0 bridgehead atoms. The van der Waals surface area contributed by atoms with Crippen molar-refractivity contribution in [1.82, 2.24) is 4.57 Å². The van der Waals surface area contributed by atoms with E-state index in [-0.39, 0.29) is 5.56 Å². The van der Waals surface area contributed by atoms with Gasteiger partial charge in [0.05, 0.1) is 27.7 Å². The van der Waals surface area contributed by atoms with E-state index >= 15 is 0 Å². The number of ether oxygens (including phenoxy) is 1. The topological polar surface area (TPSA) is 31.2 Å². The lowest BCUT2D eigenvalue weighted by Gasteiger charge is -2.18. The Labute approximate surface area is 157 Å². The van der Waals surface area contributed by atoms with E-state index in [0.717, 1.165) is 48.9 Å². The van der Waals surface area contributed by atoms with Crippen molar-refractivity contribution < 1.29 is 4.74 Å². The molecule has 0 aliphatic carbocycles. The molecule has 0 unspecified atom stereocenters. The van der Waals surface area contributed by atoms with Gasteiger partial charge in [-0.05, 0) is 37.8 Å². The molecular weight excluding hydrogens is 369 g/mol. The minimum absolute atomic E-state index is 0.0905. The number of unbranched alkanes of at least 4 members (excludes halogenated alkanes) is 2. The van der Waals surface area contributed by atoms with Crippen LogP contribution in [0.2, 0.25) is 10.0 Å². The summed E-state index contributed by atoms with van der Waals surface area (Å²) in [7, 11) is 1.77. The molecular formula is C18H22Cl3NO2. The molecule has 0 fully saturated rings. The van der Waals surface area contributed by atoms with Gasteiger partial charge in [-0.25, -0.2) is 0 Å². The molecule has 1 heterocycles. The molecule has 132 valence electrons. The summed E-state index contributed by atoms with van der Waals surface area (Å²) in [6, 6.07) is 3.35. The number of aromatic nitrogens is 1. The highest BCUT2D eigenvalue weighted by Gasteiger charge is 2.17. The molecule has 0 aliphatic rings. The van der Waals surface area contributed by atoms with Crippen molar-refractivity contribution in [2.45, 2.75) is 39.0 Å². The second-order valence-electron chi connectivity index (χ2n) is 5.80. The number of nitrogens with zero attached hydrogens (tertiary/aromatic N) is 1. The molecule has 0 radical (unpaired) electrons. The van der Waals surface area contributed by atoms with Gasteiger partial charge in [0.15, 0.2) is 0 Å². The normalized spacial score (nSPS) is 11.2. The smallest absolute Gasteiger partial charge is 0.258 e. The highest BCUT2D eigenvalue weighted by Crippen LogP contribution is 2.34. The average Bonchev–Trinajstić information content (AvgIpc) is 2.56. The first kappa shape index (κ1) is 19.4. The third-order valence-corrected chi connectivity index (χ3v) is 5.04. The van der Waals surface area contributed by atoms with Crippen molar-refractivity contribution in [3.63, 3.8) is 0 Å². The van der Waals surface area contributed by atoms with E-state index in [1.54, 1.807) is 23.7 Å². The Hall–Kier alpha value is -0.900. The Kier molecular flexibility index (Phi) is 7.27. The van der Waals surface area contributed by atoms with Gasteiger partial charge in [-0.2, -0.15) is 0 Å². The number of hydrogen-bond donors (Lipinski definition) is 0. The second-order valence-corrected chi connectivity index (χ2v) is 6.99. The van der Waals surface area contributed by atoms with Crippen LogP contribution in [0.3, 0.4) is 0 Å². The number of rotatable bonds is 8. The van der Waals surface area contributed by atoms with Crippen LogP contribution in [-0.4, -0.2) is 17.1 Å². The van der Waals surface area contributed by atoms with Crippen LogP contribution in [0.1, 0.15) is 38.3 Å². The standard InChI is InChI=1S/C18H22Cl3NO2/c1-3-4-9-24-17-12-10-14(20)15(21)11-13(12)18(23)22(2)16(17)7-5-6-8-19/h10-11H,3-9H2,1-2H3. The van der Waals surface area contributed by atoms with E-state index in [1.807, 2.05) is 0 Å². The molecule has 0 atom stereocenters. The van der Waals surface area contributed by atoms with E-state index in [9.17, 15) is 4.79 Å². The Bertz CT molecular complexity index is 771. The summed E-state index contributed by atoms with van der Waals surface area (Å²) in [5.41, 5.74) is 0.791. The van der Waals surface area contributed by atoms with E-state index in [2.05, 4.69) is 6.92 Å². The van der Waals surface area contributed by atoms with Crippen LogP contribution in [0.4, 0.5) is 0 Å². The number of alkyl halides is 1. The van der Waals surface area contributed by atoms with Crippen molar-refractivity contribution in [1.29, 1.82) is 0 Å². The molecule has 0 saturated carbocycles. The molecule has 0 spiro atoms. The number of hydrogen-bond acceptors (Lipinski definition) is 2. The molecule has 3 nitrogen and oxygen atoms in total. The van der Waals surface area contributed by atoms with Crippen molar-refractivity contribution in [2.75, 3.05) is 12.5 Å². The molecule has 0 N–H and O–H groups in total. The minimum atomic E-state index is -0.0905. The summed E-state index contributed by atoms with van der Waals surface area (Å²) in [4.78, 5) is 12.7. The summed E-state index contributed by atoms with van der Waals surface area (Å²) in [6.07, 6.45) is 4.51. The average molecular weight is 391 g/mol. The van der Waals surface area contributed by atoms with Crippen molar-refractivity contribution in [3.8, 4) is 5.75 Å². The molecule has 0 saturated heterocycles.